The SMILES string of the molecule is COc1ccc(CN(C(=O)CCN2C(=O)[C@H]3CC=CC[C@H]3C2=O)[C@@H](C)C(=O)NC2CCCC2)cc1. The van der Waals surface area contributed by atoms with Gasteiger partial charge in [0.2, 0.25) is 23.6 Å². The molecule has 0 radical (unpaired) electrons. The number of nitrogens with one attached hydrogen (secondary N) is 1. The van der Waals surface area contributed by atoms with Crippen molar-refractivity contribution in [1.82, 2.24) is 15.1 Å². The second-order valence-electron chi connectivity index (χ2n) is 9.77. The maximum Gasteiger partial charge on any atom is 0.242 e. The molecule has 1 heterocycles. The summed E-state index contributed by atoms with van der Waals surface area (Å²) in [5.74, 6) is -0.728. The Morgan fingerprint density at radius 1 is 1.06 bits per heavy atom. The second-order valence-corrected chi connectivity index (χ2v) is 9.77. The fourth-order valence-corrected chi connectivity index (χ4v) is 5.34. The van der Waals surface area contributed by atoms with Crippen LogP contribution in [-0.4, -0.2) is 59.2 Å². The highest BCUT2D eigenvalue weighted by molar-refractivity contribution is 6.05. The van der Waals surface area contributed by atoms with Gasteiger partial charge in [0.25, 0.3) is 0 Å². The monoisotopic (exact) mass is 481 g/mol. The van der Waals surface area contributed by atoms with Gasteiger partial charge in [0.1, 0.15) is 11.8 Å². The molecule has 8 nitrogen and oxygen atoms in total. The van der Waals surface area contributed by atoms with Crippen LogP contribution in [0.2, 0.25) is 0 Å². The van der Waals surface area contributed by atoms with Gasteiger partial charge in [0.15, 0.2) is 0 Å². The molecule has 2 fully saturated rings. The number of hydrogen-bond donors (Lipinski definition) is 1. The zero-order chi connectivity index (χ0) is 24.9. The lowest BCUT2D eigenvalue weighted by Crippen LogP contribution is -2.50. The molecule has 1 aromatic carbocycles. The van der Waals surface area contributed by atoms with Crippen molar-refractivity contribution in [1.29, 1.82) is 0 Å². The quantitative estimate of drug-likeness (QED) is 0.432. The number of fused-ring (bicyclic) bond motifs is 1. The number of hydrogen-bond acceptors (Lipinski definition) is 5. The molecule has 1 aliphatic heterocycles. The zero-order valence-electron chi connectivity index (χ0n) is 20.6. The topological polar surface area (TPSA) is 96.0 Å². The van der Waals surface area contributed by atoms with Crippen molar-refractivity contribution in [2.45, 2.75) is 70.5 Å². The fourth-order valence-electron chi connectivity index (χ4n) is 5.34. The number of benzene rings is 1. The summed E-state index contributed by atoms with van der Waals surface area (Å²) in [7, 11) is 1.59. The summed E-state index contributed by atoms with van der Waals surface area (Å²) in [5, 5.41) is 3.08. The standard InChI is InChI=1S/C27H35N3O5/c1-18(25(32)28-20-7-3-4-8-20)30(17-19-11-13-21(35-2)14-12-19)24(31)15-16-29-26(33)22-9-5-6-10-23(22)27(29)34/h5-6,11-14,18,20,22-23H,3-4,7-10,15-17H2,1-2H3,(H,28,32)/t18-,22-,23+/m0/s1. The molecule has 2 aliphatic carbocycles. The van der Waals surface area contributed by atoms with Crippen molar-refractivity contribution in [3.8, 4) is 5.75 Å². The van der Waals surface area contributed by atoms with E-state index in [4.69, 9.17) is 4.74 Å². The minimum absolute atomic E-state index is 0.0123. The molecule has 3 aliphatic rings. The van der Waals surface area contributed by atoms with E-state index in [1.165, 1.54) is 4.90 Å². The van der Waals surface area contributed by atoms with Crippen LogP contribution in [0.1, 0.15) is 57.4 Å². The van der Waals surface area contributed by atoms with Crippen LogP contribution in [0, 0.1) is 11.8 Å². The number of rotatable bonds is 9. The number of allylic oxidation sites excluding steroid dienone is 2. The van der Waals surface area contributed by atoms with Gasteiger partial charge in [-0.05, 0) is 50.3 Å². The average molecular weight is 482 g/mol. The lowest BCUT2D eigenvalue weighted by molar-refractivity contribution is -0.144. The number of imide groups is 1. The summed E-state index contributed by atoms with van der Waals surface area (Å²) in [5.41, 5.74) is 0.866. The number of likely N-dealkylation sites (tertiary alicyclic amines) is 1. The number of methoxy groups -OCH3 is 1. The van der Waals surface area contributed by atoms with Crippen LogP contribution in [0.15, 0.2) is 36.4 Å². The van der Waals surface area contributed by atoms with Gasteiger partial charge in [-0.15, -0.1) is 0 Å². The predicted molar refractivity (Wildman–Crippen MR) is 130 cm³/mol. The highest BCUT2D eigenvalue weighted by atomic mass is 16.5. The largest absolute Gasteiger partial charge is 0.497 e. The van der Waals surface area contributed by atoms with Gasteiger partial charge in [-0.1, -0.05) is 37.1 Å². The average Bonchev–Trinajstić information content (AvgIpc) is 3.47. The van der Waals surface area contributed by atoms with Gasteiger partial charge in [-0.2, -0.15) is 0 Å². The lowest BCUT2D eigenvalue weighted by atomic mass is 9.85. The summed E-state index contributed by atoms with van der Waals surface area (Å²) < 4.78 is 5.22. The first-order chi connectivity index (χ1) is 16.9. The molecule has 1 saturated heterocycles. The Morgan fingerprint density at radius 2 is 1.66 bits per heavy atom. The Morgan fingerprint density at radius 3 is 2.23 bits per heavy atom. The smallest absolute Gasteiger partial charge is 0.242 e. The van der Waals surface area contributed by atoms with Crippen molar-refractivity contribution in [3.63, 3.8) is 0 Å². The first-order valence-corrected chi connectivity index (χ1v) is 12.6. The highest BCUT2D eigenvalue weighted by Gasteiger charge is 2.47. The number of carbonyl (C=O) groups is 4. The van der Waals surface area contributed by atoms with Crippen LogP contribution >= 0.6 is 0 Å². The van der Waals surface area contributed by atoms with E-state index in [-0.39, 0.29) is 61.0 Å². The zero-order valence-corrected chi connectivity index (χ0v) is 20.6. The number of amides is 4. The summed E-state index contributed by atoms with van der Waals surface area (Å²) in [6, 6.07) is 6.84. The first kappa shape index (κ1) is 24.9. The summed E-state index contributed by atoms with van der Waals surface area (Å²) in [4.78, 5) is 54.8. The van der Waals surface area contributed by atoms with E-state index in [1.54, 1.807) is 18.9 Å². The van der Waals surface area contributed by atoms with Gasteiger partial charge in [0.05, 0.1) is 18.9 Å². The van der Waals surface area contributed by atoms with Crippen LogP contribution in [0.3, 0.4) is 0 Å². The van der Waals surface area contributed by atoms with E-state index in [1.807, 2.05) is 36.4 Å². The van der Waals surface area contributed by atoms with E-state index in [9.17, 15) is 19.2 Å². The van der Waals surface area contributed by atoms with Gasteiger partial charge in [0, 0.05) is 25.6 Å². The highest BCUT2D eigenvalue weighted by Crippen LogP contribution is 2.35. The summed E-state index contributed by atoms with van der Waals surface area (Å²) in [6.45, 7) is 2.02. The maximum absolute atomic E-state index is 13.4. The Bertz CT molecular complexity index is 957. The van der Waals surface area contributed by atoms with Gasteiger partial charge < -0.3 is 15.0 Å². The van der Waals surface area contributed by atoms with Crippen LogP contribution < -0.4 is 10.1 Å². The van der Waals surface area contributed by atoms with Crippen molar-refractivity contribution in [2.24, 2.45) is 11.8 Å². The molecule has 0 aromatic heterocycles. The molecular weight excluding hydrogens is 446 g/mol. The van der Waals surface area contributed by atoms with Crippen molar-refractivity contribution in [3.05, 3.63) is 42.0 Å². The maximum atomic E-state index is 13.4. The molecular formula is C27H35N3O5. The van der Waals surface area contributed by atoms with Crippen LogP contribution in [0.4, 0.5) is 0 Å². The molecule has 8 heteroatoms. The van der Waals surface area contributed by atoms with E-state index in [0.29, 0.717) is 18.6 Å². The third kappa shape index (κ3) is 5.57. The summed E-state index contributed by atoms with van der Waals surface area (Å²) in [6.07, 6.45) is 9.14. The minimum atomic E-state index is -0.679. The van der Waals surface area contributed by atoms with Gasteiger partial charge in [-0.25, -0.2) is 0 Å². The van der Waals surface area contributed by atoms with E-state index < -0.39 is 6.04 Å². The normalized spacial score (nSPS) is 22.7. The number of nitrogens with zero attached hydrogens (tertiary/aromatic N) is 2. The number of carbonyl (C=O) groups excluding carboxylic acids is 4. The van der Waals surface area contributed by atoms with E-state index in [0.717, 1.165) is 31.2 Å². The van der Waals surface area contributed by atoms with Crippen LogP contribution in [-0.2, 0) is 25.7 Å². The third-order valence-corrected chi connectivity index (χ3v) is 7.53. The lowest BCUT2D eigenvalue weighted by Gasteiger charge is -2.30. The molecule has 3 atom stereocenters. The Labute approximate surface area is 206 Å². The van der Waals surface area contributed by atoms with Gasteiger partial charge in [-0.3, -0.25) is 24.1 Å². The second kappa shape index (κ2) is 11.1. The third-order valence-electron chi connectivity index (χ3n) is 7.53. The van der Waals surface area contributed by atoms with Crippen molar-refractivity contribution < 1.29 is 23.9 Å². The molecule has 1 N–H and O–H groups in total. The number of ether oxygens (including phenoxy) is 1. The van der Waals surface area contributed by atoms with E-state index in [2.05, 4.69) is 5.32 Å². The molecule has 0 bridgehead atoms. The molecule has 0 spiro atoms. The molecule has 35 heavy (non-hydrogen) atoms. The van der Waals surface area contributed by atoms with E-state index >= 15 is 0 Å². The molecule has 4 rings (SSSR count). The first-order valence-electron chi connectivity index (χ1n) is 12.6. The molecule has 1 aromatic rings. The Hall–Kier alpha value is -3.16. The van der Waals surface area contributed by atoms with Crippen LogP contribution in [0.5, 0.6) is 5.75 Å². The predicted octanol–water partition coefficient (Wildman–Crippen LogP) is 2.81. The minimum Gasteiger partial charge on any atom is -0.497 e. The van der Waals surface area contributed by atoms with Crippen molar-refractivity contribution in [2.75, 3.05) is 13.7 Å². The van der Waals surface area contributed by atoms with Gasteiger partial charge >= 0.3 is 0 Å². The molecule has 1 saturated carbocycles. The molecule has 4 amide bonds. The molecule has 0 unspecified atom stereocenters. The Balaban J connectivity index is 1.44. The summed E-state index contributed by atoms with van der Waals surface area (Å²) >= 11 is 0. The molecule has 188 valence electrons. The fraction of sp³-hybridized carbons (Fsp3) is 0.556. The Kier molecular flexibility index (Phi) is 7.88. The van der Waals surface area contributed by atoms with Crippen LogP contribution in [0.25, 0.3) is 0 Å². The van der Waals surface area contributed by atoms with Crippen molar-refractivity contribution >= 4 is 23.6 Å².